The van der Waals surface area contributed by atoms with Gasteiger partial charge in [-0.25, -0.2) is 12.8 Å². The molecule has 1 heteroatoms. The zero-order valence-corrected chi connectivity index (χ0v) is 9.15. The second-order valence-corrected chi connectivity index (χ2v) is 2.51. The Morgan fingerprint density at radius 2 is 2.09 bits per heavy atom. The maximum absolute atomic E-state index is 3.74. The van der Waals surface area contributed by atoms with Crippen LogP contribution in [0.3, 0.4) is 0 Å². The quantitative estimate of drug-likeness (QED) is 0.320. The van der Waals surface area contributed by atoms with Crippen LogP contribution in [0.15, 0.2) is 6.08 Å². The fourth-order valence-electron chi connectivity index (χ4n) is 0.803. The fourth-order valence-corrected chi connectivity index (χ4v) is 0.803. The van der Waals surface area contributed by atoms with Gasteiger partial charge in [-0.2, -0.15) is 0 Å². The Kier molecular flexibility index (Phi) is 16.8. The molecular weight excluding hydrogens is 144 g/mol. The van der Waals surface area contributed by atoms with Crippen molar-refractivity contribution < 1.29 is 0 Å². The molecule has 0 bridgehead atoms. The summed E-state index contributed by atoms with van der Waals surface area (Å²) in [6.07, 6.45) is 12.5. The third-order valence-electron chi connectivity index (χ3n) is 1.42. The molecule has 11 heavy (non-hydrogen) atoms. The Morgan fingerprint density at radius 3 is 2.64 bits per heavy atom. The number of hydrogen-bond donors (Lipinski definition) is 0. The van der Waals surface area contributed by atoms with Gasteiger partial charge >= 0.3 is 23.1 Å². The van der Waals surface area contributed by atoms with Crippen LogP contribution in [0.2, 0.25) is 0 Å². The van der Waals surface area contributed by atoms with Gasteiger partial charge in [0.1, 0.15) is 0 Å². The fraction of sp³-hybridized carbons (Fsp3) is 0.700. The number of unbranched alkanes of at least 4 members (excludes halogenated alkanes) is 4. The second kappa shape index (κ2) is 13.1. The zero-order valence-electron chi connectivity index (χ0n) is 7.73. The smallest absolute Gasteiger partial charge is 0.503 e. The molecule has 0 heterocycles. The van der Waals surface area contributed by atoms with Gasteiger partial charge in [-0.1, -0.05) is 32.6 Å². The Hall–Kier alpha value is 0.506. The molecular formula is C10H18Mg. The number of hydrogen-bond acceptors (Lipinski definition) is 0. The van der Waals surface area contributed by atoms with Crippen molar-refractivity contribution in [2.45, 2.75) is 45.4 Å². The minimum absolute atomic E-state index is 0. The summed E-state index contributed by atoms with van der Waals surface area (Å²) in [5.41, 5.74) is 0. The van der Waals surface area contributed by atoms with Gasteiger partial charge in [-0.3, -0.25) is 6.08 Å². The molecule has 0 radical (unpaired) electrons. The summed E-state index contributed by atoms with van der Waals surface area (Å²) >= 11 is 0. The summed E-state index contributed by atoms with van der Waals surface area (Å²) in [4.78, 5) is 0. The van der Waals surface area contributed by atoms with Gasteiger partial charge in [-0.05, 0) is 0 Å². The summed E-state index contributed by atoms with van der Waals surface area (Å²) in [7, 11) is 0. The SMILES string of the molecule is [CH2-]CC[C-]=CCCCCC.[Mg+2]. The zero-order chi connectivity index (χ0) is 7.66. The van der Waals surface area contributed by atoms with Gasteiger partial charge < -0.3 is 13.0 Å². The van der Waals surface area contributed by atoms with Crippen LogP contribution in [0.4, 0.5) is 0 Å². The van der Waals surface area contributed by atoms with Crippen LogP contribution in [-0.2, 0) is 0 Å². The van der Waals surface area contributed by atoms with E-state index in [9.17, 15) is 0 Å². The van der Waals surface area contributed by atoms with Crippen LogP contribution in [0.1, 0.15) is 45.4 Å². The minimum Gasteiger partial charge on any atom is -0.503 e. The van der Waals surface area contributed by atoms with Crippen LogP contribution < -0.4 is 0 Å². The van der Waals surface area contributed by atoms with Gasteiger partial charge in [0.05, 0.1) is 0 Å². The summed E-state index contributed by atoms with van der Waals surface area (Å²) in [5.74, 6) is 0. The average Bonchev–Trinajstić information content (AvgIpc) is 1.97. The maximum atomic E-state index is 3.74. The van der Waals surface area contributed by atoms with Crippen molar-refractivity contribution in [2.24, 2.45) is 0 Å². The standard InChI is InChI=1S/C10H18.Mg/c1-3-5-7-9-10-8-6-4-2;/h9H,1,3-6,8,10H2,2H3;/q-2;+2. The Morgan fingerprint density at radius 1 is 1.36 bits per heavy atom. The van der Waals surface area contributed by atoms with Crippen molar-refractivity contribution in [3.05, 3.63) is 19.1 Å². The molecule has 0 saturated carbocycles. The molecule has 0 spiro atoms. The molecule has 0 aliphatic carbocycles. The van der Waals surface area contributed by atoms with Gasteiger partial charge in [0.2, 0.25) is 0 Å². The van der Waals surface area contributed by atoms with E-state index >= 15 is 0 Å². The number of rotatable bonds is 6. The van der Waals surface area contributed by atoms with E-state index in [2.05, 4.69) is 26.0 Å². The number of allylic oxidation sites excluding steroid dienone is 2. The van der Waals surface area contributed by atoms with Crippen molar-refractivity contribution >= 4 is 23.1 Å². The van der Waals surface area contributed by atoms with Gasteiger partial charge in [0.15, 0.2) is 0 Å². The molecule has 0 aromatic carbocycles. The molecule has 0 nitrogen and oxygen atoms in total. The van der Waals surface area contributed by atoms with Crippen molar-refractivity contribution in [2.75, 3.05) is 0 Å². The third kappa shape index (κ3) is 13.5. The summed E-state index contributed by atoms with van der Waals surface area (Å²) in [5, 5.41) is 0. The van der Waals surface area contributed by atoms with E-state index in [0.717, 1.165) is 12.8 Å². The second-order valence-electron chi connectivity index (χ2n) is 2.51. The molecule has 0 aromatic rings. The van der Waals surface area contributed by atoms with Gasteiger partial charge in [0.25, 0.3) is 0 Å². The first-order chi connectivity index (χ1) is 4.91. The van der Waals surface area contributed by atoms with Crippen molar-refractivity contribution in [3.63, 3.8) is 0 Å². The molecule has 0 N–H and O–H groups in total. The minimum atomic E-state index is 0. The van der Waals surface area contributed by atoms with Crippen molar-refractivity contribution in [1.29, 1.82) is 0 Å². The molecule has 0 aliphatic heterocycles. The van der Waals surface area contributed by atoms with Gasteiger partial charge in [-0.15, -0.1) is 0 Å². The Labute approximate surface area is 87.6 Å². The predicted octanol–water partition coefficient (Wildman–Crippen LogP) is 3.16. The van der Waals surface area contributed by atoms with E-state index in [4.69, 9.17) is 0 Å². The van der Waals surface area contributed by atoms with Crippen LogP contribution in [0.25, 0.3) is 0 Å². The molecule has 0 rings (SSSR count). The van der Waals surface area contributed by atoms with Crippen LogP contribution in [-0.4, -0.2) is 23.1 Å². The van der Waals surface area contributed by atoms with Crippen LogP contribution >= 0.6 is 0 Å². The molecule has 0 fully saturated rings. The Balaban J connectivity index is 0. The Bertz CT molecular complexity index is 76.9. The van der Waals surface area contributed by atoms with Crippen LogP contribution in [0, 0.1) is 13.0 Å². The molecule has 0 unspecified atom stereocenters. The van der Waals surface area contributed by atoms with Gasteiger partial charge in [0, 0.05) is 0 Å². The summed E-state index contributed by atoms with van der Waals surface area (Å²) < 4.78 is 0. The van der Waals surface area contributed by atoms with E-state index in [1.807, 2.05) is 0 Å². The molecule has 0 saturated heterocycles. The van der Waals surface area contributed by atoms with E-state index in [0.29, 0.717) is 0 Å². The normalized spacial score (nSPS) is 10.0. The first kappa shape index (κ1) is 14.1. The van der Waals surface area contributed by atoms with Crippen molar-refractivity contribution in [1.82, 2.24) is 0 Å². The topological polar surface area (TPSA) is 0 Å². The van der Waals surface area contributed by atoms with E-state index in [1.165, 1.54) is 25.7 Å². The first-order valence-corrected chi connectivity index (χ1v) is 4.26. The monoisotopic (exact) mass is 162 g/mol. The van der Waals surface area contributed by atoms with E-state index in [-0.39, 0.29) is 23.1 Å². The van der Waals surface area contributed by atoms with Crippen molar-refractivity contribution in [3.8, 4) is 0 Å². The molecule has 0 amide bonds. The third-order valence-corrected chi connectivity index (χ3v) is 1.42. The molecule has 0 atom stereocenters. The largest absolute Gasteiger partial charge is 2.00 e. The average molecular weight is 163 g/mol. The maximum Gasteiger partial charge on any atom is 2.00 e. The summed E-state index contributed by atoms with van der Waals surface area (Å²) in [6, 6.07) is 0. The van der Waals surface area contributed by atoms with E-state index in [1.54, 1.807) is 0 Å². The predicted molar refractivity (Wildman–Crippen MR) is 52.3 cm³/mol. The van der Waals surface area contributed by atoms with Crippen LogP contribution in [0.5, 0.6) is 0 Å². The first-order valence-electron chi connectivity index (χ1n) is 4.26. The van der Waals surface area contributed by atoms with E-state index < -0.39 is 0 Å². The molecule has 0 aromatic heterocycles. The molecule has 0 aliphatic rings. The molecule has 60 valence electrons. The summed E-state index contributed by atoms with van der Waals surface area (Å²) in [6.45, 7) is 5.96.